The quantitative estimate of drug-likeness (QED) is 0.620. The van der Waals surface area contributed by atoms with Crippen molar-refractivity contribution < 1.29 is 0 Å². The van der Waals surface area contributed by atoms with Gasteiger partial charge in [-0.2, -0.15) is 0 Å². The molecule has 1 atom stereocenters. The van der Waals surface area contributed by atoms with Crippen molar-refractivity contribution in [3.8, 4) is 0 Å². The van der Waals surface area contributed by atoms with Crippen LogP contribution in [0, 0.1) is 5.41 Å². The van der Waals surface area contributed by atoms with Gasteiger partial charge in [0.2, 0.25) is 0 Å². The summed E-state index contributed by atoms with van der Waals surface area (Å²) in [6, 6.07) is 0. The molecule has 0 fully saturated rings. The van der Waals surface area contributed by atoms with Gasteiger partial charge in [0, 0.05) is 0 Å². The smallest absolute Gasteiger partial charge is 0.00467 e. The predicted molar refractivity (Wildman–Crippen MR) is 56.5 cm³/mol. The first-order valence-corrected chi connectivity index (χ1v) is 5.33. The van der Waals surface area contributed by atoms with Crippen LogP contribution in [0.2, 0.25) is 0 Å². The molecule has 0 aromatic rings. The van der Waals surface area contributed by atoms with Crippen LogP contribution in [0.25, 0.3) is 0 Å². The molecule has 74 valence electrons. The summed E-state index contributed by atoms with van der Waals surface area (Å²) in [5, 5.41) is 3.23. The van der Waals surface area contributed by atoms with E-state index in [1.54, 1.807) is 0 Å². The Balaban J connectivity index is 3.70. The van der Waals surface area contributed by atoms with Gasteiger partial charge >= 0.3 is 0 Å². The molecule has 1 heteroatoms. The molecule has 0 aromatic carbocycles. The lowest BCUT2D eigenvalue weighted by molar-refractivity contribution is 0.252. The maximum absolute atomic E-state index is 3.23. The van der Waals surface area contributed by atoms with Crippen LogP contribution in [0.4, 0.5) is 0 Å². The van der Waals surface area contributed by atoms with Gasteiger partial charge in [-0.05, 0) is 31.8 Å². The van der Waals surface area contributed by atoms with E-state index >= 15 is 0 Å². The first-order chi connectivity index (χ1) is 5.68. The summed E-state index contributed by atoms with van der Waals surface area (Å²) in [7, 11) is 2.04. The van der Waals surface area contributed by atoms with Gasteiger partial charge in [-0.3, -0.25) is 0 Å². The van der Waals surface area contributed by atoms with E-state index in [0.717, 1.165) is 6.54 Å². The third-order valence-corrected chi connectivity index (χ3v) is 2.97. The summed E-state index contributed by atoms with van der Waals surface area (Å²) in [5.74, 6) is 0. The van der Waals surface area contributed by atoms with Gasteiger partial charge in [-0.25, -0.2) is 0 Å². The fourth-order valence-electron chi connectivity index (χ4n) is 1.51. The number of hydrogen-bond donors (Lipinski definition) is 1. The van der Waals surface area contributed by atoms with E-state index in [1.165, 1.54) is 32.1 Å². The van der Waals surface area contributed by atoms with E-state index in [9.17, 15) is 0 Å². The topological polar surface area (TPSA) is 12.0 Å². The number of nitrogens with one attached hydrogen (secondary N) is 1. The highest BCUT2D eigenvalue weighted by Gasteiger charge is 2.19. The molecular formula is C11H25N. The van der Waals surface area contributed by atoms with Gasteiger partial charge in [0.15, 0.2) is 0 Å². The number of hydrogen-bond acceptors (Lipinski definition) is 1. The molecule has 0 radical (unpaired) electrons. The maximum atomic E-state index is 3.23. The van der Waals surface area contributed by atoms with E-state index in [0.29, 0.717) is 5.41 Å². The molecular weight excluding hydrogens is 146 g/mol. The SMILES string of the molecule is CCCCC(C)(CC)CCNC. The second-order valence-electron chi connectivity index (χ2n) is 4.12. The van der Waals surface area contributed by atoms with Crippen LogP contribution in [0.3, 0.4) is 0 Å². The first-order valence-electron chi connectivity index (χ1n) is 5.33. The monoisotopic (exact) mass is 171 g/mol. The Morgan fingerprint density at radius 2 is 1.83 bits per heavy atom. The van der Waals surface area contributed by atoms with E-state index in [1.807, 2.05) is 7.05 Å². The normalized spacial score (nSPS) is 16.0. The average molecular weight is 171 g/mol. The Hall–Kier alpha value is -0.0400. The Labute approximate surface area is 77.9 Å². The van der Waals surface area contributed by atoms with Crippen LogP contribution in [-0.2, 0) is 0 Å². The minimum atomic E-state index is 0.582. The van der Waals surface area contributed by atoms with Gasteiger partial charge in [0.05, 0.1) is 0 Å². The lowest BCUT2D eigenvalue weighted by Crippen LogP contribution is -2.21. The Morgan fingerprint density at radius 1 is 1.17 bits per heavy atom. The molecule has 0 saturated heterocycles. The lowest BCUT2D eigenvalue weighted by Gasteiger charge is -2.28. The third-order valence-electron chi connectivity index (χ3n) is 2.97. The van der Waals surface area contributed by atoms with Crippen molar-refractivity contribution in [3.63, 3.8) is 0 Å². The van der Waals surface area contributed by atoms with Crippen molar-refractivity contribution in [2.75, 3.05) is 13.6 Å². The highest BCUT2D eigenvalue weighted by atomic mass is 14.8. The molecule has 1 nitrogen and oxygen atoms in total. The first kappa shape index (κ1) is 12.0. The molecule has 0 saturated carbocycles. The van der Waals surface area contributed by atoms with Crippen molar-refractivity contribution in [2.45, 2.75) is 52.9 Å². The molecule has 0 spiro atoms. The maximum Gasteiger partial charge on any atom is -0.00467 e. The Kier molecular flexibility index (Phi) is 6.45. The van der Waals surface area contributed by atoms with Crippen LogP contribution < -0.4 is 5.32 Å². The van der Waals surface area contributed by atoms with Crippen LogP contribution in [0.5, 0.6) is 0 Å². The van der Waals surface area contributed by atoms with E-state index < -0.39 is 0 Å². The summed E-state index contributed by atoms with van der Waals surface area (Å²) in [6.07, 6.45) is 6.74. The third kappa shape index (κ3) is 4.76. The summed E-state index contributed by atoms with van der Waals surface area (Å²) < 4.78 is 0. The van der Waals surface area contributed by atoms with Crippen molar-refractivity contribution in [2.24, 2.45) is 5.41 Å². The molecule has 1 unspecified atom stereocenters. The van der Waals surface area contributed by atoms with Crippen LogP contribution >= 0.6 is 0 Å². The van der Waals surface area contributed by atoms with Crippen LogP contribution in [-0.4, -0.2) is 13.6 Å². The number of rotatable bonds is 7. The zero-order chi connectivity index (χ0) is 9.45. The van der Waals surface area contributed by atoms with Crippen molar-refractivity contribution in [1.82, 2.24) is 5.32 Å². The van der Waals surface area contributed by atoms with Crippen molar-refractivity contribution in [3.05, 3.63) is 0 Å². The molecule has 0 aromatic heterocycles. The van der Waals surface area contributed by atoms with Crippen molar-refractivity contribution >= 4 is 0 Å². The summed E-state index contributed by atoms with van der Waals surface area (Å²) in [5.41, 5.74) is 0.582. The molecule has 0 heterocycles. The van der Waals surface area contributed by atoms with Gasteiger partial charge < -0.3 is 5.32 Å². The standard InChI is InChI=1S/C11H25N/c1-5-7-8-11(3,6-2)9-10-12-4/h12H,5-10H2,1-4H3. The minimum absolute atomic E-state index is 0.582. The van der Waals surface area contributed by atoms with Gasteiger partial charge in [-0.15, -0.1) is 0 Å². The van der Waals surface area contributed by atoms with E-state index in [4.69, 9.17) is 0 Å². The second-order valence-corrected chi connectivity index (χ2v) is 4.12. The lowest BCUT2D eigenvalue weighted by atomic mass is 9.79. The highest BCUT2D eigenvalue weighted by Crippen LogP contribution is 2.31. The molecule has 0 aliphatic rings. The van der Waals surface area contributed by atoms with Crippen LogP contribution in [0.15, 0.2) is 0 Å². The molecule has 0 aliphatic heterocycles. The molecule has 0 aliphatic carbocycles. The Bertz CT molecular complexity index is 91.2. The summed E-state index contributed by atoms with van der Waals surface area (Å²) >= 11 is 0. The predicted octanol–water partition coefficient (Wildman–Crippen LogP) is 3.20. The number of unbranched alkanes of at least 4 members (excludes halogenated alkanes) is 1. The largest absolute Gasteiger partial charge is 0.320 e. The molecule has 12 heavy (non-hydrogen) atoms. The van der Waals surface area contributed by atoms with Crippen molar-refractivity contribution in [1.29, 1.82) is 0 Å². The second kappa shape index (κ2) is 6.47. The zero-order valence-corrected chi connectivity index (χ0v) is 9.24. The molecule has 1 N–H and O–H groups in total. The average Bonchev–Trinajstić information content (AvgIpc) is 2.11. The van der Waals surface area contributed by atoms with Gasteiger partial charge in [-0.1, -0.05) is 40.0 Å². The zero-order valence-electron chi connectivity index (χ0n) is 9.24. The highest BCUT2D eigenvalue weighted by molar-refractivity contribution is 4.73. The van der Waals surface area contributed by atoms with Crippen LogP contribution in [0.1, 0.15) is 52.9 Å². The molecule has 0 bridgehead atoms. The van der Waals surface area contributed by atoms with Gasteiger partial charge in [0.1, 0.15) is 0 Å². The van der Waals surface area contributed by atoms with E-state index in [2.05, 4.69) is 26.1 Å². The van der Waals surface area contributed by atoms with E-state index in [-0.39, 0.29) is 0 Å². The fraction of sp³-hybridized carbons (Fsp3) is 1.00. The van der Waals surface area contributed by atoms with Gasteiger partial charge in [0.25, 0.3) is 0 Å². The molecule has 0 rings (SSSR count). The fourth-order valence-corrected chi connectivity index (χ4v) is 1.51. The molecule has 0 amide bonds. The summed E-state index contributed by atoms with van der Waals surface area (Å²) in [6.45, 7) is 8.16. The summed E-state index contributed by atoms with van der Waals surface area (Å²) in [4.78, 5) is 0. The minimum Gasteiger partial charge on any atom is -0.320 e. The Morgan fingerprint density at radius 3 is 2.25 bits per heavy atom.